The minimum absolute atomic E-state index is 0.102. The summed E-state index contributed by atoms with van der Waals surface area (Å²) in [6.45, 7) is 0.0414. The minimum Gasteiger partial charge on any atom is -0.363 e. The van der Waals surface area contributed by atoms with Crippen LogP contribution in [0.1, 0.15) is 28.8 Å². The van der Waals surface area contributed by atoms with Crippen LogP contribution in [0.15, 0.2) is 41.1 Å². The molecule has 0 spiro atoms. The Kier molecular flexibility index (Phi) is 4.97. The largest absolute Gasteiger partial charge is 0.416 e. The van der Waals surface area contributed by atoms with Crippen LogP contribution >= 0.6 is 0 Å². The monoisotopic (exact) mass is 367 g/mol. The summed E-state index contributed by atoms with van der Waals surface area (Å²) in [5, 5.41) is 6.01. The Bertz CT molecular complexity index is 786. The molecule has 1 saturated carbocycles. The van der Waals surface area contributed by atoms with Crippen LogP contribution in [0.5, 0.6) is 0 Å². The molecule has 0 bridgehead atoms. The molecular formula is C17H16F3N3O3. The van der Waals surface area contributed by atoms with Gasteiger partial charge in [-0.1, -0.05) is 11.2 Å². The van der Waals surface area contributed by atoms with E-state index >= 15 is 0 Å². The Morgan fingerprint density at radius 1 is 1.27 bits per heavy atom. The Hall–Kier alpha value is -2.84. The average molecular weight is 367 g/mol. The number of alkyl halides is 3. The van der Waals surface area contributed by atoms with Gasteiger partial charge >= 0.3 is 6.18 Å². The van der Waals surface area contributed by atoms with Crippen molar-refractivity contribution in [2.24, 2.45) is 5.92 Å². The van der Waals surface area contributed by atoms with Gasteiger partial charge in [0.05, 0.1) is 5.56 Å². The van der Waals surface area contributed by atoms with Gasteiger partial charge < -0.3 is 14.7 Å². The van der Waals surface area contributed by atoms with Crippen molar-refractivity contribution < 1.29 is 27.3 Å². The van der Waals surface area contributed by atoms with Gasteiger partial charge in [-0.15, -0.1) is 0 Å². The molecule has 0 unspecified atom stereocenters. The fourth-order valence-electron chi connectivity index (χ4n) is 2.48. The number of rotatable bonds is 6. The van der Waals surface area contributed by atoms with Crippen LogP contribution in [-0.4, -0.2) is 35.0 Å². The quantitative estimate of drug-likeness (QED) is 0.851. The van der Waals surface area contributed by atoms with Crippen molar-refractivity contribution in [1.82, 2.24) is 10.1 Å². The van der Waals surface area contributed by atoms with E-state index in [1.165, 1.54) is 29.4 Å². The molecular weight excluding hydrogens is 351 g/mol. The summed E-state index contributed by atoms with van der Waals surface area (Å²) < 4.78 is 43.2. The first-order valence-electron chi connectivity index (χ1n) is 7.99. The fourth-order valence-corrected chi connectivity index (χ4v) is 2.48. The Balaban J connectivity index is 1.74. The molecule has 0 aliphatic heterocycles. The van der Waals surface area contributed by atoms with E-state index < -0.39 is 23.6 Å². The van der Waals surface area contributed by atoms with Crippen molar-refractivity contribution in [3.63, 3.8) is 0 Å². The summed E-state index contributed by atoms with van der Waals surface area (Å²) in [4.78, 5) is 26.1. The standard InChI is InChI=1S/C17H16F3N3O3/c18-17(19,20)13-3-1-2-12(8-13)16(25)23(9-11-4-5-11)10-15(24)21-14-6-7-26-22-14/h1-3,6-8,11H,4-5,9-10H2,(H,21,22,24). The number of anilines is 1. The molecule has 1 aliphatic carbocycles. The van der Waals surface area contributed by atoms with Gasteiger partial charge in [-0.2, -0.15) is 13.2 Å². The molecule has 2 amide bonds. The lowest BCUT2D eigenvalue weighted by Crippen LogP contribution is -2.39. The molecule has 0 atom stereocenters. The second-order valence-corrected chi connectivity index (χ2v) is 6.14. The van der Waals surface area contributed by atoms with Crippen LogP contribution < -0.4 is 5.32 Å². The van der Waals surface area contributed by atoms with Gasteiger partial charge in [-0.25, -0.2) is 0 Å². The van der Waals surface area contributed by atoms with Gasteiger partial charge in [0.2, 0.25) is 5.91 Å². The number of benzene rings is 1. The molecule has 0 radical (unpaired) electrons. The van der Waals surface area contributed by atoms with Gasteiger partial charge in [0.25, 0.3) is 5.91 Å². The van der Waals surface area contributed by atoms with Gasteiger partial charge in [0.1, 0.15) is 12.8 Å². The molecule has 1 aliphatic rings. The molecule has 26 heavy (non-hydrogen) atoms. The highest BCUT2D eigenvalue weighted by Gasteiger charge is 2.32. The maximum absolute atomic E-state index is 12.9. The number of hydrogen-bond acceptors (Lipinski definition) is 4. The van der Waals surface area contributed by atoms with E-state index in [0.717, 1.165) is 25.0 Å². The Morgan fingerprint density at radius 2 is 2.04 bits per heavy atom. The van der Waals surface area contributed by atoms with Crippen molar-refractivity contribution in [2.75, 3.05) is 18.4 Å². The first-order valence-corrected chi connectivity index (χ1v) is 7.99. The fraction of sp³-hybridized carbons (Fsp3) is 0.353. The first-order chi connectivity index (χ1) is 12.3. The number of halogens is 3. The summed E-state index contributed by atoms with van der Waals surface area (Å²) >= 11 is 0. The van der Waals surface area contributed by atoms with E-state index in [0.29, 0.717) is 6.54 Å². The van der Waals surface area contributed by atoms with E-state index in [1.807, 2.05) is 0 Å². The maximum Gasteiger partial charge on any atom is 0.416 e. The molecule has 1 aromatic heterocycles. The highest BCUT2D eigenvalue weighted by atomic mass is 19.4. The van der Waals surface area contributed by atoms with E-state index in [4.69, 9.17) is 0 Å². The first kappa shape index (κ1) is 18.0. The summed E-state index contributed by atoms with van der Waals surface area (Å²) in [5.74, 6) is -0.643. The number of carbonyl (C=O) groups excluding carboxylic acids is 2. The number of hydrogen-bond donors (Lipinski definition) is 1. The second-order valence-electron chi connectivity index (χ2n) is 6.14. The third kappa shape index (κ3) is 4.62. The van der Waals surface area contributed by atoms with Crippen LogP contribution in [0.25, 0.3) is 0 Å². The molecule has 3 rings (SSSR count). The molecule has 0 saturated heterocycles. The molecule has 1 heterocycles. The van der Waals surface area contributed by atoms with E-state index in [-0.39, 0.29) is 23.8 Å². The Labute approximate surface area is 146 Å². The van der Waals surface area contributed by atoms with E-state index in [1.54, 1.807) is 0 Å². The second kappa shape index (κ2) is 7.19. The molecule has 9 heteroatoms. The number of aromatic nitrogens is 1. The SMILES string of the molecule is O=C(CN(CC1CC1)C(=O)c1cccc(C(F)(F)F)c1)Nc1ccon1. The lowest BCUT2D eigenvalue weighted by Gasteiger charge is -2.22. The van der Waals surface area contributed by atoms with Crippen molar-refractivity contribution in [3.05, 3.63) is 47.7 Å². The summed E-state index contributed by atoms with van der Waals surface area (Å²) in [6.07, 6.45) is -1.40. The van der Waals surface area contributed by atoms with Gasteiger partial charge in [0, 0.05) is 18.2 Å². The van der Waals surface area contributed by atoms with E-state index in [9.17, 15) is 22.8 Å². The number of amides is 2. The van der Waals surface area contributed by atoms with Gasteiger partial charge in [0.15, 0.2) is 5.82 Å². The molecule has 1 fully saturated rings. The van der Waals surface area contributed by atoms with Crippen molar-refractivity contribution in [1.29, 1.82) is 0 Å². The van der Waals surface area contributed by atoms with Crippen molar-refractivity contribution in [2.45, 2.75) is 19.0 Å². The lowest BCUT2D eigenvalue weighted by molar-refractivity contribution is -0.137. The van der Waals surface area contributed by atoms with E-state index in [2.05, 4.69) is 15.0 Å². The normalized spacial score (nSPS) is 14.1. The zero-order chi connectivity index (χ0) is 18.7. The number of nitrogens with one attached hydrogen (secondary N) is 1. The predicted octanol–water partition coefficient (Wildman–Crippen LogP) is 3.18. The smallest absolute Gasteiger partial charge is 0.363 e. The zero-order valence-electron chi connectivity index (χ0n) is 13.6. The number of carbonyl (C=O) groups is 2. The topological polar surface area (TPSA) is 75.4 Å². The molecule has 2 aromatic rings. The molecule has 1 aromatic carbocycles. The summed E-state index contributed by atoms with van der Waals surface area (Å²) in [5.41, 5.74) is -1.00. The van der Waals surface area contributed by atoms with Crippen LogP contribution in [0.4, 0.5) is 19.0 Å². The summed E-state index contributed by atoms with van der Waals surface area (Å²) in [6, 6.07) is 5.64. The van der Waals surface area contributed by atoms with Crippen molar-refractivity contribution >= 4 is 17.6 Å². The highest BCUT2D eigenvalue weighted by molar-refractivity contribution is 5.99. The predicted molar refractivity (Wildman–Crippen MR) is 85.2 cm³/mol. The third-order valence-corrected chi connectivity index (χ3v) is 3.94. The van der Waals surface area contributed by atoms with Gasteiger partial charge in [-0.3, -0.25) is 9.59 Å². The maximum atomic E-state index is 12.9. The zero-order valence-corrected chi connectivity index (χ0v) is 13.6. The number of nitrogens with zero attached hydrogens (tertiary/aromatic N) is 2. The molecule has 6 nitrogen and oxygen atoms in total. The highest BCUT2D eigenvalue weighted by Crippen LogP contribution is 2.31. The average Bonchev–Trinajstić information content (AvgIpc) is 3.26. The molecule has 138 valence electrons. The van der Waals surface area contributed by atoms with Crippen LogP contribution in [0, 0.1) is 5.92 Å². The van der Waals surface area contributed by atoms with Crippen molar-refractivity contribution in [3.8, 4) is 0 Å². The molecule has 1 N–H and O–H groups in total. The minimum atomic E-state index is -4.54. The van der Waals surface area contributed by atoms with Crippen LogP contribution in [0.3, 0.4) is 0 Å². The van der Waals surface area contributed by atoms with Gasteiger partial charge in [-0.05, 0) is 37.0 Å². The third-order valence-electron chi connectivity index (χ3n) is 3.94. The van der Waals surface area contributed by atoms with Crippen LogP contribution in [-0.2, 0) is 11.0 Å². The Morgan fingerprint density at radius 3 is 2.65 bits per heavy atom. The lowest BCUT2D eigenvalue weighted by atomic mass is 10.1. The van der Waals surface area contributed by atoms with Crippen LogP contribution in [0.2, 0.25) is 0 Å². The summed E-state index contributed by atoms with van der Waals surface area (Å²) in [7, 11) is 0.